The first kappa shape index (κ1) is 15.7. The molecule has 0 atom stereocenters. The molecule has 1 rings (SSSR count). The lowest BCUT2D eigenvalue weighted by atomic mass is 10.5. The SMILES string of the molecule is CN=C(NC)NCc1cnc(Cl)s1.II. The molecular weight excluding hydrogens is 461 g/mol. The highest BCUT2D eigenvalue weighted by Crippen LogP contribution is 2.16. The number of nitrogens with one attached hydrogen (secondary N) is 2. The molecule has 86 valence electrons. The Kier molecular flexibility index (Phi) is 10.3. The first-order valence-corrected chi connectivity index (χ1v) is 11.4. The van der Waals surface area contributed by atoms with Crippen molar-refractivity contribution >= 4 is 66.1 Å². The molecule has 0 aliphatic carbocycles. The molecule has 15 heavy (non-hydrogen) atoms. The van der Waals surface area contributed by atoms with Crippen molar-refractivity contribution in [2.24, 2.45) is 4.99 Å². The average molecular weight is 473 g/mol. The maximum atomic E-state index is 5.68. The van der Waals surface area contributed by atoms with Gasteiger partial charge in [-0.25, -0.2) is 4.98 Å². The van der Waals surface area contributed by atoms with Crippen molar-refractivity contribution in [2.75, 3.05) is 14.1 Å². The first-order valence-electron chi connectivity index (χ1n) is 3.89. The van der Waals surface area contributed by atoms with Gasteiger partial charge in [0.1, 0.15) is 0 Å². The lowest BCUT2D eigenvalue weighted by Gasteiger charge is -2.05. The molecule has 1 aromatic heterocycles. The van der Waals surface area contributed by atoms with Gasteiger partial charge in [-0.05, 0) is 0 Å². The Morgan fingerprint density at radius 2 is 2.33 bits per heavy atom. The summed E-state index contributed by atoms with van der Waals surface area (Å²) in [6, 6.07) is 0. The molecule has 1 heterocycles. The fourth-order valence-corrected chi connectivity index (χ4v) is 1.73. The van der Waals surface area contributed by atoms with Gasteiger partial charge >= 0.3 is 0 Å². The summed E-state index contributed by atoms with van der Waals surface area (Å²) in [4.78, 5) is 8.99. The van der Waals surface area contributed by atoms with Gasteiger partial charge in [0.25, 0.3) is 0 Å². The first-order chi connectivity index (χ1) is 7.26. The van der Waals surface area contributed by atoms with Crippen LogP contribution in [0.15, 0.2) is 11.2 Å². The zero-order valence-electron chi connectivity index (χ0n) is 8.22. The normalized spacial score (nSPS) is 10.3. The molecule has 8 heteroatoms. The van der Waals surface area contributed by atoms with Crippen LogP contribution in [0.4, 0.5) is 0 Å². The Bertz CT molecular complexity index is 305. The largest absolute Gasteiger partial charge is 0.359 e. The Morgan fingerprint density at radius 3 is 2.73 bits per heavy atom. The molecule has 4 nitrogen and oxygen atoms in total. The zero-order chi connectivity index (χ0) is 11.7. The van der Waals surface area contributed by atoms with Gasteiger partial charge in [-0.15, -0.1) is 11.3 Å². The molecule has 0 saturated heterocycles. The highest BCUT2D eigenvalue weighted by atomic mass is 128. The van der Waals surface area contributed by atoms with Crippen molar-refractivity contribution in [1.29, 1.82) is 0 Å². The number of aliphatic imine (C=N–C) groups is 1. The van der Waals surface area contributed by atoms with Crippen molar-refractivity contribution in [3.63, 3.8) is 0 Å². The minimum atomic E-state index is 0.566. The van der Waals surface area contributed by atoms with Crippen LogP contribution in [0.25, 0.3) is 0 Å². The molecule has 0 amide bonds. The highest BCUT2D eigenvalue weighted by Gasteiger charge is 1.99. The molecule has 1 aromatic rings. The second-order valence-corrected chi connectivity index (χ2v) is 3.95. The predicted molar refractivity (Wildman–Crippen MR) is 84.4 cm³/mol. The van der Waals surface area contributed by atoms with E-state index in [0.717, 1.165) is 10.8 Å². The fraction of sp³-hybridized carbons (Fsp3) is 0.429. The van der Waals surface area contributed by atoms with E-state index in [2.05, 4.69) is 57.8 Å². The molecule has 0 radical (unpaired) electrons. The van der Waals surface area contributed by atoms with Gasteiger partial charge in [0.15, 0.2) is 10.4 Å². The molecule has 0 aromatic carbocycles. The smallest absolute Gasteiger partial charge is 0.191 e. The van der Waals surface area contributed by atoms with Crippen LogP contribution in [-0.2, 0) is 6.54 Å². The molecular formula is C7H11ClI2N4S. The minimum absolute atomic E-state index is 0.566. The van der Waals surface area contributed by atoms with Gasteiger partial charge < -0.3 is 10.6 Å². The lowest BCUT2D eigenvalue weighted by Crippen LogP contribution is -2.33. The molecule has 0 unspecified atom stereocenters. The standard InChI is InChI=1S/C7H11ClN4S.I2/c1-9-7(10-2)12-4-5-3-11-6(8)13-5;1-2/h3H,4H2,1-2H3,(H2,9,10,12);. The molecule has 0 fully saturated rings. The van der Waals surface area contributed by atoms with Crippen molar-refractivity contribution < 1.29 is 0 Å². The minimum Gasteiger partial charge on any atom is -0.359 e. The predicted octanol–water partition coefficient (Wildman–Crippen LogP) is 2.86. The highest BCUT2D eigenvalue weighted by molar-refractivity contribution is 15.0. The summed E-state index contributed by atoms with van der Waals surface area (Å²) in [5.74, 6) is 0.754. The Labute approximate surface area is 122 Å². The number of nitrogens with zero attached hydrogens (tertiary/aromatic N) is 2. The summed E-state index contributed by atoms with van der Waals surface area (Å²) >= 11 is 11.4. The summed E-state index contributed by atoms with van der Waals surface area (Å²) in [6.45, 7) is 0.692. The van der Waals surface area contributed by atoms with E-state index in [0.29, 0.717) is 11.0 Å². The van der Waals surface area contributed by atoms with Gasteiger partial charge in [-0.3, -0.25) is 4.99 Å². The molecule has 0 aliphatic rings. The van der Waals surface area contributed by atoms with Crippen molar-refractivity contribution in [3.8, 4) is 0 Å². The van der Waals surface area contributed by atoms with E-state index >= 15 is 0 Å². The van der Waals surface area contributed by atoms with E-state index in [-0.39, 0.29) is 0 Å². The number of hydrogen-bond acceptors (Lipinski definition) is 3. The van der Waals surface area contributed by atoms with Crippen LogP contribution in [0.3, 0.4) is 0 Å². The molecule has 0 aliphatic heterocycles. The van der Waals surface area contributed by atoms with Crippen LogP contribution < -0.4 is 10.6 Å². The van der Waals surface area contributed by atoms with E-state index in [9.17, 15) is 0 Å². The van der Waals surface area contributed by atoms with E-state index < -0.39 is 0 Å². The van der Waals surface area contributed by atoms with Crippen LogP contribution in [0, 0.1) is 0 Å². The molecule has 0 spiro atoms. The lowest BCUT2D eigenvalue weighted by molar-refractivity contribution is 0.877. The summed E-state index contributed by atoms with van der Waals surface area (Å²) in [5, 5.41) is 6.02. The Hall–Kier alpha value is 0.650. The van der Waals surface area contributed by atoms with Gasteiger partial charge in [0, 0.05) is 62.4 Å². The topological polar surface area (TPSA) is 49.3 Å². The molecule has 0 bridgehead atoms. The number of rotatable bonds is 2. The second-order valence-electron chi connectivity index (χ2n) is 2.26. The van der Waals surface area contributed by atoms with Gasteiger partial charge in [-0.1, -0.05) is 11.6 Å². The summed E-state index contributed by atoms with van der Waals surface area (Å²) in [6.07, 6.45) is 1.75. The fourth-order valence-electron chi connectivity index (χ4n) is 0.815. The third-order valence-corrected chi connectivity index (χ3v) is 2.53. The van der Waals surface area contributed by atoms with Crippen LogP contribution >= 0.6 is 60.2 Å². The van der Waals surface area contributed by atoms with E-state index in [1.54, 1.807) is 13.2 Å². The Balaban J connectivity index is 0.000000921. The Morgan fingerprint density at radius 1 is 1.67 bits per heavy atom. The van der Waals surface area contributed by atoms with Crippen molar-refractivity contribution in [2.45, 2.75) is 6.54 Å². The number of halogens is 3. The second kappa shape index (κ2) is 9.85. The number of guanidine groups is 1. The van der Waals surface area contributed by atoms with Gasteiger partial charge in [-0.2, -0.15) is 0 Å². The number of thiazole rings is 1. The quantitative estimate of drug-likeness (QED) is 0.396. The third-order valence-electron chi connectivity index (χ3n) is 1.42. The van der Waals surface area contributed by atoms with E-state index in [1.807, 2.05) is 7.05 Å². The zero-order valence-corrected chi connectivity index (χ0v) is 14.1. The van der Waals surface area contributed by atoms with Crippen molar-refractivity contribution in [1.82, 2.24) is 15.6 Å². The van der Waals surface area contributed by atoms with Gasteiger partial charge in [0.2, 0.25) is 0 Å². The number of aromatic nitrogens is 1. The van der Waals surface area contributed by atoms with E-state index in [4.69, 9.17) is 11.6 Å². The average Bonchev–Trinajstić information content (AvgIpc) is 2.69. The number of hydrogen-bond donors (Lipinski definition) is 2. The monoisotopic (exact) mass is 472 g/mol. The summed E-state index contributed by atoms with van der Waals surface area (Å²) in [7, 11) is 3.54. The molecule has 2 N–H and O–H groups in total. The molecule has 0 saturated carbocycles. The maximum absolute atomic E-state index is 5.68. The summed E-state index contributed by atoms with van der Waals surface area (Å²) in [5.41, 5.74) is 0. The van der Waals surface area contributed by atoms with E-state index in [1.165, 1.54) is 11.3 Å². The maximum Gasteiger partial charge on any atom is 0.191 e. The van der Waals surface area contributed by atoms with Crippen LogP contribution in [-0.4, -0.2) is 25.0 Å². The van der Waals surface area contributed by atoms with Gasteiger partial charge in [0.05, 0.1) is 6.54 Å². The van der Waals surface area contributed by atoms with Crippen LogP contribution in [0.5, 0.6) is 0 Å². The summed E-state index contributed by atoms with van der Waals surface area (Å²) < 4.78 is 0.566. The van der Waals surface area contributed by atoms with Crippen LogP contribution in [0.2, 0.25) is 4.47 Å². The van der Waals surface area contributed by atoms with Crippen LogP contribution in [0.1, 0.15) is 4.88 Å². The van der Waals surface area contributed by atoms with Crippen molar-refractivity contribution in [3.05, 3.63) is 15.5 Å². The third kappa shape index (κ3) is 6.74.